The van der Waals surface area contributed by atoms with Crippen molar-refractivity contribution in [1.29, 1.82) is 0 Å². The third kappa shape index (κ3) is 7.10. The summed E-state index contributed by atoms with van der Waals surface area (Å²) in [4.78, 5) is 23.8. The summed E-state index contributed by atoms with van der Waals surface area (Å²) in [6.07, 6.45) is 0.746. The molecule has 3 aromatic carbocycles. The van der Waals surface area contributed by atoms with Crippen LogP contribution in [-0.4, -0.2) is 33.2 Å². The zero-order chi connectivity index (χ0) is 23.7. The zero-order valence-electron chi connectivity index (χ0n) is 18.5. The monoisotopic (exact) mass is 464 g/mol. The van der Waals surface area contributed by atoms with E-state index in [1.54, 1.807) is 6.07 Å². The minimum atomic E-state index is -3.80. The minimum Gasteiger partial charge on any atom is -0.356 e. The molecule has 0 radical (unpaired) electrons. The number of Topliss-reactive ketones (excluding diaryl/α,β-unsaturated/α-hetero) is 1. The SMILES string of the molecule is CC(=O)c1cccc(S(=O)(=O)NCCC(=O)NCCC(c2ccccc2)c2ccccc2)c1. The number of nitrogens with one attached hydrogen (secondary N) is 2. The highest BCUT2D eigenvalue weighted by Gasteiger charge is 2.17. The first-order valence-electron chi connectivity index (χ1n) is 10.8. The van der Waals surface area contributed by atoms with Gasteiger partial charge in [-0.2, -0.15) is 0 Å². The van der Waals surface area contributed by atoms with Gasteiger partial charge in [0, 0.05) is 31.0 Å². The lowest BCUT2D eigenvalue weighted by Gasteiger charge is -2.18. The highest BCUT2D eigenvalue weighted by atomic mass is 32.2. The molecular weight excluding hydrogens is 436 g/mol. The number of carbonyl (C=O) groups excluding carboxylic acids is 2. The smallest absolute Gasteiger partial charge is 0.240 e. The van der Waals surface area contributed by atoms with Crippen LogP contribution in [0.5, 0.6) is 0 Å². The number of hydrogen-bond donors (Lipinski definition) is 2. The van der Waals surface area contributed by atoms with E-state index in [9.17, 15) is 18.0 Å². The largest absolute Gasteiger partial charge is 0.356 e. The summed E-state index contributed by atoms with van der Waals surface area (Å²) in [5.41, 5.74) is 2.68. The number of hydrogen-bond acceptors (Lipinski definition) is 4. The second-order valence-corrected chi connectivity index (χ2v) is 9.51. The van der Waals surface area contributed by atoms with Crippen molar-refractivity contribution < 1.29 is 18.0 Å². The number of ketones is 1. The standard InChI is InChI=1S/C26H28N2O4S/c1-20(29)23-13-8-14-24(19-23)33(31,32)28-18-16-26(30)27-17-15-25(21-9-4-2-5-10-21)22-11-6-3-7-12-22/h2-14,19,25,28H,15-18H2,1H3,(H,27,30). The summed E-state index contributed by atoms with van der Waals surface area (Å²) in [5, 5.41) is 2.88. The third-order valence-corrected chi connectivity index (χ3v) is 6.81. The summed E-state index contributed by atoms with van der Waals surface area (Å²) < 4.78 is 27.3. The van der Waals surface area contributed by atoms with Crippen LogP contribution in [0.25, 0.3) is 0 Å². The molecule has 2 N–H and O–H groups in total. The molecule has 0 fully saturated rings. The predicted molar refractivity (Wildman–Crippen MR) is 129 cm³/mol. The second-order valence-electron chi connectivity index (χ2n) is 7.74. The van der Waals surface area contributed by atoms with Crippen LogP contribution in [0.15, 0.2) is 89.8 Å². The summed E-state index contributed by atoms with van der Waals surface area (Å²) >= 11 is 0. The number of benzene rings is 3. The average Bonchev–Trinajstić information content (AvgIpc) is 2.83. The topological polar surface area (TPSA) is 92.3 Å². The van der Waals surface area contributed by atoms with Crippen LogP contribution >= 0.6 is 0 Å². The van der Waals surface area contributed by atoms with Gasteiger partial charge in [-0.1, -0.05) is 72.8 Å². The van der Waals surface area contributed by atoms with Gasteiger partial charge in [0.15, 0.2) is 5.78 Å². The Morgan fingerprint density at radius 2 is 1.42 bits per heavy atom. The van der Waals surface area contributed by atoms with Gasteiger partial charge in [-0.25, -0.2) is 13.1 Å². The van der Waals surface area contributed by atoms with Gasteiger partial charge in [0.05, 0.1) is 4.90 Å². The Kier molecular flexibility index (Phi) is 8.52. The van der Waals surface area contributed by atoms with E-state index in [0.717, 1.165) is 6.42 Å². The van der Waals surface area contributed by atoms with Crippen LogP contribution in [-0.2, 0) is 14.8 Å². The summed E-state index contributed by atoms with van der Waals surface area (Å²) in [6.45, 7) is 1.82. The van der Waals surface area contributed by atoms with Crippen molar-refractivity contribution in [2.45, 2.75) is 30.6 Å². The molecule has 0 bridgehead atoms. The maximum Gasteiger partial charge on any atom is 0.240 e. The molecule has 3 rings (SSSR count). The first-order valence-corrected chi connectivity index (χ1v) is 12.3. The van der Waals surface area contributed by atoms with E-state index in [-0.39, 0.29) is 35.5 Å². The van der Waals surface area contributed by atoms with Gasteiger partial charge in [-0.05, 0) is 36.6 Å². The lowest BCUT2D eigenvalue weighted by Crippen LogP contribution is -2.31. The van der Waals surface area contributed by atoms with Gasteiger partial charge in [0.1, 0.15) is 0 Å². The van der Waals surface area contributed by atoms with Crippen molar-refractivity contribution in [3.8, 4) is 0 Å². The van der Waals surface area contributed by atoms with Gasteiger partial charge in [-0.15, -0.1) is 0 Å². The van der Waals surface area contributed by atoms with Crippen LogP contribution in [0.2, 0.25) is 0 Å². The highest BCUT2D eigenvalue weighted by molar-refractivity contribution is 7.89. The van der Waals surface area contributed by atoms with Crippen molar-refractivity contribution in [3.05, 3.63) is 102 Å². The molecule has 0 aliphatic rings. The molecule has 0 aromatic heterocycles. The molecule has 0 unspecified atom stereocenters. The molecule has 0 aliphatic carbocycles. The summed E-state index contributed by atoms with van der Waals surface area (Å²) in [5.74, 6) is -0.287. The predicted octanol–water partition coefficient (Wildman–Crippen LogP) is 3.90. The molecule has 3 aromatic rings. The molecule has 172 valence electrons. The average molecular weight is 465 g/mol. The Hall–Kier alpha value is -3.29. The van der Waals surface area contributed by atoms with E-state index in [1.165, 1.54) is 36.2 Å². The molecule has 33 heavy (non-hydrogen) atoms. The van der Waals surface area contributed by atoms with Crippen molar-refractivity contribution in [1.82, 2.24) is 10.0 Å². The first-order chi connectivity index (χ1) is 15.9. The van der Waals surface area contributed by atoms with Crippen LogP contribution in [0.1, 0.15) is 47.2 Å². The maximum absolute atomic E-state index is 12.5. The van der Waals surface area contributed by atoms with E-state index in [1.807, 2.05) is 36.4 Å². The number of sulfonamides is 1. The molecule has 0 heterocycles. The quantitative estimate of drug-likeness (QED) is 0.421. The van der Waals surface area contributed by atoms with Crippen LogP contribution in [0.3, 0.4) is 0 Å². The molecule has 1 amide bonds. The second kappa shape index (κ2) is 11.5. The van der Waals surface area contributed by atoms with Crippen LogP contribution < -0.4 is 10.0 Å². The van der Waals surface area contributed by atoms with E-state index in [4.69, 9.17) is 0 Å². The molecule has 7 heteroatoms. The Morgan fingerprint density at radius 1 is 0.818 bits per heavy atom. The van der Waals surface area contributed by atoms with Crippen LogP contribution in [0, 0.1) is 0 Å². The first kappa shape index (κ1) is 24.4. The number of carbonyl (C=O) groups is 2. The summed E-state index contributed by atoms with van der Waals surface area (Å²) in [6, 6.07) is 26.1. The summed E-state index contributed by atoms with van der Waals surface area (Å²) in [7, 11) is -3.80. The normalized spacial score (nSPS) is 11.3. The van der Waals surface area contributed by atoms with Gasteiger partial charge in [0.2, 0.25) is 15.9 Å². The molecule has 0 saturated carbocycles. The molecular formula is C26H28N2O4S. The van der Waals surface area contributed by atoms with Gasteiger partial charge < -0.3 is 5.32 Å². The Morgan fingerprint density at radius 3 is 2.00 bits per heavy atom. The van der Waals surface area contributed by atoms with Gasteiger partial charge in [-0.3, -0.25) is 9.59 Å². The molecule has 0 saturated heterocycles. The Labute approximate surface area is 195 Å². The fourth-order valence-corrected chi connectivity index (χ4v) is 4.68. The zero-order valence-corrected chi connectivity index (χ0v) is 19.3. The Balaban J connectivity index is 1.51. The van der Waals surface area contributed by atoms with Gasteiger partial charge >= 0.3 is 0 Å². The minimum absolute atomic E-state index is 0.00386. The lowest BCUT2D eigenvalue weighted by atomic mass is 9.88. The van der Waals surface area contributed by atoms with Crippen molar-refractivity contribution in [2.75, 3.05) is 13.1 Å². The van der Waals surface area contributed by atoms with Crippen molar-refractivity contribution in [2.24, 2.45) is 0 Å². The Bertz CT molecular complexity index is 1140. The van der Waals surface area contributed by atoms with E-state index in [0.29, 0.717) is 12.1 Å². The fourth-order valence-electron chi connectivity index (χ4n) is 3.61. The van der Waals surface area contributed by atoms with E-state index >= 15 is 0 Å². The van der Waals surface area contributed by atoms with Gasteiger partial charge in [0.25, 0.3) is 0 Å². The van der Waals surface area contributed by atoms with Crippen LogP contribution in [0.4, 0.5) is 0 Å². The van der Waals surface area contributed by atoms with Crippen molar-refractivity contribution in [3.63, 3.8) is 0 Å². The fraction of sp³-hybridized carbons (Fsp3) is 0.231. The van der Waals surface area contributed by atoms with E-state index < -0.39 is 10.0 Å². The molecule has 0 spiro atoms. The molecule has 0 atom stereocenters. The maximum atomic E-state index is 12.5. The van der Waals surface area contributed by atoms with Crippen molar-refractivity contribution >= 4 is 21.7 Å². The van der Waals surface area contributed by atoms with E-state index in [2.05, 4.69) is 34.3 Å². The number of amides is 1. The third-order valence-electron chi connectivity index (χ3n) is 5.35. The lowest BCUT2D eigenvalue weighted by molar-refractivity contribution is -0.120. The number of rotatable bonds is 11. The molecule has 0 aliphatic heterocycles. The highest BCUT2D eigenvalue weighted by Crippen LogP contribution is 2.27. The molecule has 6 nitrogen and oxygen atoms in total.